The van der Waals surface area contributed by atoms with Gasteiger partial charge in [-0.15, -0.1) is 0 Å². The number of aliphatic hydroxyl groups excluding tert-OH is 1. The molecule has 16 heavy (non-hydrogen) atoms. The van der Waals surface area contributed by atoms with Crippen molar-refractivity contribution in [1.82, 2.24) is 4.90 Å². The van der Waals surface area contributed by atoms with E-state index < -0.39 is 0 Å². The molecule has 0 aromatic rings. The quantitative estimate of drug-likeness (QED) is 0.556. The van der Waals surface area contributed by atoms with Crippen molar-refractivity contribution >= 4 is 0 Å². The Balaban J connectivity index is 1.78. The molecule has 1 atom stereocenters. The number of hydrogen-bond acceptors (Lipinski definition) is 5. The van der Waals surface area contributed by atoms with Crippen LogP contribution in [0.5, 0.6) is 0 Å². The van der Waals surface area contributed by atoms with Gasteiger partial charge in [0.05, 0.1) is 39.1 Å². The minimum absolute atomic E-state index is 0.141. The standard InChI is InChI=1S/C11H23NO4/c1-14-6-7-16-9-8-15-5-4-12-3-2-11(13)10-12/h11,13H,2-10H2,1H3/t11-/m1/s1. The summed E-state index contributed by atoms with van der Waals surface area (Å²) >= 11 is 0. The molecule has 0 aliphatic carbocycles. The van der Waals surface area contributed by atoms with E-state index in [1.54, 1.807) is 7.11 Å². The molecule has 0 saturated carbocycles. The number of nitrogens with zero attached hydrogens (tertiary/aromatic N) is 1. The van der Waals surface area contributed by atoms with Crippen LogP contribution in [0.15, 0.2) is 0 Å². The van der Waals surface area contributed by atoms with E-state index in [0.717, 1.165) is 26.1 Å². The van der Waals surface area contributed by atoms with Crippen LogP contribution in [0.2, 0.25) is 0 Å². The van der Waals surface area contributed by atoms with Gasteiger partial charge in [0.25, 0.3) is 0 Å². The normalized spacial score (nSPS) is 21.8. The van der Waals surface area contributed by atoms with Crippen LogP contribution in [0.3, 0.4) is 0 Å². The third-order valence-corrected chi connectivity index (χ3v) is 2.60. The summed E-state index contributed by atoms with van der Waals surface area (Å²) in [6.45, 7) is 5.87. The van der Waals surface area contributed by atoms with Crippen LogP contribution < -0.4 is 0 Å². The summed E-state index contributed by atoms with van der Waals surface area (Å²) in [7, 11) is 1.66. The van der Waals surface area contributed by atoms with Gasteiger partial charge in [0.2, 0.25) is 0 Å². The number of methoxy groups -OCH3 is 1. The fourth-order valence-electron chi connectivity index (χ4n) is 1.67. The molecule has 1 aliphatic heterocycles. The molecule has 5 heteroatoms. The zero-order chi connectivity index (χ0) is 11.6. The summed E-state index contributed by atoms with van der Waals surface area (Å²) in [6, 6.07) is 0. The fraction of sp³-hybridized carbons (Fsp3) is 1.00. The van der Waals surface area contributed by atoms with E-state index in [-0.39, 0.29) is 6.10 Å². The monoisotopic (exact) mass is 233 g/mol. The molecule has 0 radical (unpaired) electrons. The minimum atomic E-state index is -0.141. The van der Waals surface area contributed by atoms with E-state index in [2.05, 4.69) is 4.90 Å². The van der Waals surface area contributed by atoms with E-state index in [0.29, 0.717) is 33.0 Å². The maximum Gasteiger partial charge on any atom is 0.0701 e. The molecule has 0 aromatic carbocycles. The molecule has 96 valence electrons. The third kappa shape index (κ3) is 6.40. The lowest BCUT2D eigenvalue weighted by Crippen LogP contribution is -2.26. The number of rotatable bonds is 9. The van der Waals surface area contributed by atoms with E-state index >= 15 is 0 Å². The van der Waals surface area contributed by atoms with Gasteiger partial charge in [0.15, 0.2) is 0 Å². The second kappa shape index (κ2) is 8.90. The van der Waals surface area contributed by atoms with Crippen LogP contribution >= 0.6 is 0 Å². The van der Waals surface area contributed by atoms with Gasteiger partial charge in [-0.25, -0.2) is 0 Å². The molecule has 1 heterocycles. The highest BCUT2D eigenvalue weighted by atomic mass is 16.5. The average Bonchev–Trinajstić information content (AvgIpc) is 2.68. The van der Waals surface area contributed by atoms with Crippen LogP contribution in [-0.4, -0.2) is 75.9 Å². The van der Waals surface area contributed by atoms with Gasteiger partial charge >= 0.3 is 0 Å². The molecule has 0 unspecified atom stereocenters. The maximum atomic E-state index is 9.31. The van der Waals surface area contributed by atoms with Crippen LogP contribution in [0.25, 0.3) is 0 Å². The highest BCUT2D eigenvalue weighted by Crippen LogP contribution is 2.07. The van der Waals surface area contributed by atoms with Crippen molar-refractivity contribution < 1.29 is 19.3 Å². The predicted octanol–water partition coefficient (Wildman–Crippen LogP) is -0.267. The molecule has 1 N–H and O–H groups in total. The number of ether oxygens (including phenoxy) is 3. The van der Waals surface area contributed by atoms with Crippen molar-refractivity contribution in [2.24, 2.45) is 0 Å². The summed E-state index contributed by atoms with van der Waals surface area (Å²) in [5.74, 6) is 0. The van der Waals surface area contributed by atoms with E-state index in [9.17, 15) is 5.11 Å². The molecule has 0 aromatic heterocycles. The second-order valence-corrected chi connectivity index (χ2v) is 3.96. The summed E-state index contributed by atoms with van der Waals surface area (Å²) < 4.78 is 15.5. The van der Waals surface area contributed by atoms with Crippen LogP contribution in [0.4, 0.5) is 0 Å². The smallest absolute Gasteiger partial charge is 0.0701 e. The molecule has 0 amide bonds. The van der Waals surface area contributed by atoms with Crippen LogP contribution in [0.1, 0.15) is 6.42 Å². The van der Waals surface area contributed by atoms with Crippen molar-refractivity contribution in [2.45, 2.75) is 12.5 Å². The van der Waals surface area contributed by atoms with Crippen molar-refractivity contribution in [3.8, 4) is 0 Å². The average molecular weight is 233 g/mol. The first-order valence-corrected chi connectivity index (χ1v) is 5.88. The Hall–Kier alpha value is -0.200. The molecule has 0 bridgehead atoms. The van der Waals surface area contributed by atoms with E-state index in [1.807, 2.05) is 0 Å². The first-order chi connectivity index (χ1) is 7.83. The van der Waals surface area contributed by atoms with E-state index in [4.69, 9.17) is 14.2 Å². The number of hydrogen-bond donors (Lipinski definition) is 1. The highest BCUT2D eigenvalue weighted by molar-refractivity contribution is 4.73. The number of aliphatic hydroxyl groups is 1. The topological polar surface area (TPSA) is 51.2 Å². The Morgan fingerprint density at radius 3 is 2.44 bits per heavy atom. The first-order valence-electron chi connectivity index (χ1n) is 5.88. The Kier molecular flexibility index (Phi) is 7.71. The summed E-state index contributed by atoms with van der Waals surface area (Å²) in [5.41, 5.74) is 0. The molecular formula is C11H23NO4. The van der Waals surface area contributed by atoms with Crippen molar-refractivity contribution in [3.63, 3.8) is 0 Å². The maximum absolute atomic E-state index is 9.31. The first kappa shape index (κ1) is 13.9. The molecule has 0 spiro atoms. The van der Waals surface area contributed by atoms with Crippen molar-refractivity contribution in [3.05, 3.63) is 0 Å². The molecule has 1 fully saturated rings. The van der Waals surface area contributed by atoms with Crippen LogP contribution in [-0.2, 0) is 14.2 Å². The van der Waals surface area contributed by atoms with Gasteiger partial charge in [-0.2, -0.15) is 0 Å². The van der Waals surface area contributed by atoms with Crippen molar-refractivity contribution in [1.29, 1.82) is 0 Å². The largest absolute Gasteiger partial charge is 0.392 e. The number of β-amino-alcohol motifs (C(OH)–C–C–N with tert-alkyl or cyclic N) is 1. The molecule has 1 rings (SSSR count). The third-order valence-electron chi connectivity index (χ3n) is 2.60. The SMILES string of the molecule is COCCOCCOCCN1CC[C@@H](O)C1. The van der Waals surface area contributed by atoms with Gasteiger partial charge in [-0.05, 0) is 6.42 Å². The Labute approximate surface area is 97.3 Å². The van der Waals surface area contributed by atoms with Gasteiger partial charge in [0.1, 0.15) is 0 Å². The summed E-state index contributed by atoms with van der Waals surface area (Å²) in [5, 5.41) is 9.31. The summed E-state index contributed by atoms with van der Waals surface area (Å²) in [6.07, 6.45) is 0.748. The van der Waals surface area contributed by atoms with Crippen molar-refractivity contribution in [2.75, 3.05) is 59.8 Å². The lowest BCUT2D eigenvalue weighted by molar-refractivity contribution is 0.0201. The van der Waals surface area contributed by atoms with Gasteiger partial charge < -0.3 is 19.3 Å². The second-order valence-electron chi connectivity index (χ2n) is 3.96. The molecule has 1 aliphatic rings. The molecular weight excluding hydrogens is 210 g/mol. The Morgan fingerprint density at radius 1 is 1.12 bits per heavy atom. The van der Waals surface area contributed by atoms with Crippen LogP contribution in [0, 0.1) is 0 Å². The fourth-order valence-corrected chi connectivity index (χ4v) is 1.67. The number of likely N-dealkylation sites (tertiary alicyclic amines) is 1. The lowest BCUT2D eigenvalue weighted by atomic mass is 10.3. The lowest BCUT2D eigenvalue weighted by Gasteiger charge is -2.14. The highest BCUT2D eigenvalue weighted by Gasteiger charge is 2.19. The predicted molar refractivity (Wildman–Crippen MR) is 60.6 cm³/mol. The Bertz CT molecular complexity index is 168. The zero-order valence-electron chi connectivity index (χ0n) is 10.1. The van der Waals surface area contributed by atoms with Gasteiger partial charge in [-0.3, -0.25) is 4.90 Å². The minimum Gasteiger partial charge on any atom is -0.392 e. The molecule has 5 nitrogen and oxygen atoms in total. The summed E-state index contributed by atoms with van der Waals surface area (Å²) in [4.78, 5) is 2.22. The van der Waals surface area contributed by atoms with Gasteiger partial charge in [0, 0.05) is 26.7 Å². The Morgan fingerprint density at radius 2 is 1.81 bits per heavy atom. The van der Waals surface area contributed by atoms with Gasteiger partial charge in [-0.1, -0.05) is 0 Å². The molecule has 1 saturated heterocycles. The van der Waals surface area contributed by atoms with E-state index in [1.165, 1.54) is 0 Å². The zero-order valence-corrected chi connectivity index (χ0v) is 10.1.